The van der Waals surface area contributed by atoms with Crippen LogP contribution >= 0.6 is 0 Å². The molecule has 22 heavy (non-hydrogen) atoms. The Labute approximate surface area is 128 Å². The van der Waals surface area contributed by atoms with Gasteiger partial charge in [-0.15, -0.1) is 0 Å². The molecule has 1 aliphatic heterocycles. The van der Waals surface area contributed by atoms with E-state index in [1.54, 1.807) is 20.8 Å². The molecule has 120 valence electrons. The molecule has 2 rings (SSSR count). The van der Waals surface area contributed by atoms with Crippen LogP contribution in [0.3, 0.4) is 0 Å². The Morgan fingerprint density at radius 1 is 1.27 bits per heavy atom. The molecule has 1 atom stereocenters. The smallest absolute Gasteiger partial charge is 0.410 e. The van der Waals surface area contributed by atoms with Gasteiger partial charge in [0.25, 0.3) is 0 Å². The van der Waals surface area contributed by atoms with Crippen molar-refractivity contribution >= 4 is 11.9 Å². The normalized spacial score (nSPS) is 18.4. The zero-order valence-electron chi connectivity index (χ0n) is 12.9. The third kappa shape index (κ3) is 3.81. The highest BCUT2D eigenvalue weighted by atomic mass is 19.1. The second-order valence-electron chi connectivity index (χ2n) is 6.40. The number of rotatable bonds is 2. The Morgan fingerprint density at radius 3 is 2.55 bits per heavy atom. The van der Waals surface area contributed by atoms with Crippen molar-refractivity contribution in [1.29, 1.82) is 0 Å². The lowest BCUT2D eigenvalue weighted by molar-refractivity contribution is 0.0289. The first-order valence-electron chi connectivity index (χ1n) is 7.14. The number of benzene rings is 1. The second-order valence-corrected chi connectivity index (χ2v) is 6.40. The minimum atomic E-state index is -0.874. The number of Topliss-reactive ketones (excluding diaryl/α,β-unsaturated/α-hetero) is 1. The number of ketones is 1. The average Bonchev–Trinajstić information content (AvgIpc) is 2.85. The number of carbonyl (C=O) groups excluding carboxylic acids is 2. The van der Waals surface area contributed by atoms with Crippen molar-refractivity contribution in [2.75, 3.05) is 13.1 Å². The van der Waals surface area contributed by atoms with Gasteiger partial charge in [-0.2, -0.15) is 0 Å². The number of carbonyl (C=O) groups is 2. The summed E-state index contributed by atoms with van der Waals surface area (Å²) in [5.41, 5.74) is -0.750. The SMILES string of the molecule is CC(C)(C)OC(=O)N1CCC(C(=O)c2ccc(F)cc2F)C1. The predicted octanol–water partition coefficient (Wildman–Crippen LogP) is 3.40. The molecule has 0 radical (unpaired) electrons. The molecule has 1 fully saturated rings. The number of nitrogens with zero attached hydrogens (tertiary/aromatic N) is 1. The van der Waals surface area contributed by atoms with E-state index in [-0.39, 0.29) is 12.1 Å². The van der Waals surface area contributed by atoms with Crippen LogP contribution in [0.5, 0.6) is 0 Å². The molecular weight excluding hydrogens is 292 g/mol. The first kappa shape index (κ1) is 16.4. The molecule has 6 heteroatoms. The molecular formula is C16H19F2NO3. The molecule has 1 saturated heterocycles. The number of hydrogen-bond acceptors (Lipinski definition) is 3. The van der Waals surface area contributed by atoms with Crippen molar-refractivity contribution in [2.45, 2.75) is 32.8 Å². The summed E-state index contributed by atoms with van der Waals surface area (Å²) in [6, 6.07) is 2.88. The molecule has 1 amide bonds. The van der Waals surface area contributed by atoms with Gasteiger partial charge < -0.3 is 9.64 Å². The molecule has 0 spiro atoms. The Balaban J connectivity index is 2.03. The van der Waals surface area contributed by atoms with Gasteiger partial charge in [-0.3, -0.25) is 4.79 Å². The van der Waals surface area contributed by atoms with Crippen LogP contribution in [0.25, 0.3) is 0 Å². The fourth-order valence-electron chi connectivity index (χ4n) is 2.38. The van der Waals surface area contributed by atoms with E-state index < -0.39 is 35.0 Å². The Hall–Kier alpha value is -1.98. The van der Waals surface area contributed by atoms with E-state index in [2.05, 4.69) is 0 Å². The van der Waals surface area contributed by atoms with Crippen LogP contribution in [0.4, 0.5) is 13.6 Å². The van der Waals surface area contributed by atoms with Gasteiger partial charge in [0.15, 0.2) is 5.78 Å². The van der Waals surface area contributed by atoms with Gasteiger partial charge in [-0.25, -0.2) is 13.6 Å². The maximum absolute atomic E-state index is 13.7. The minimum absolute atomic E-state index is 0.141. The average molecular weight is 311 g/mol. The summed E-state index contributed by atoms with van der Waals surface area (Å²) >= 11 is 0. The minimum Gasteiger partial charge on any atom is -0.444 e. The third-order valence-electron chi connectivity index (χ3n) is 3.41. The zero-order chi connectivity index (χ0) is 16.5. The summed E-state index contributed by atoms with van der Waals surface area (Å²) in [7, 11) is 0. The van der Waals surface area contributed by atoms with E-state index in [9.17, 15) is 18.4 Å². The van der Waals surface area contributed by atoms with Gasteiger partial charge in [0.2, 0.25) is 0 Å². The lowest BCUT2D eigenvalue weighted by atomic mass is 9.96. The van der Waals surface area contributed by atoms with Crippen molar-refractivity contribution in [3.05, 3.63) is 35.4 Å². The summed E-state index contributed by atoms with van der Waals surface area (Å²) in [6.07, 6.45) is -0.0445. The summed E-state index contributed by atoms with van der Waals surface area (Å²) < 4.78 is 31.8. The summed E-state index contributed by atoms with van der Waals surface area (Å²) in [4.78, 5) is 25.7. The maximum atomic E-state index is 13.7. The van der Waals surface area contributed by atoms with Gasteiger partial charge in [0, 0.05) is 25.1 Å². The van der Waals surface area contributed by atoms with Crippen LogP contribution in [0.1, 0.15) is 37.6 Å². The standard InChI is InChI=1S/C16H19F2NO3/c1-16(2,3)22-15(21)19-7-6-10(9-19)14(20)12-5-4-11(17)8-13(12)18/h4-5,8,10H,6-7,9H2,1-3H3. The number of hydrogen-bond donors (Lipinski definition) is 0. The lowest BCUT2D eigenvalue weighted by Crippen LogP contribution is -2.35. The first-order chi connectivity index (χ1) is 10.2. The van der Waals surface area contributed by atoms with Gasteiger partial charge in [0.05, 0.1) is 5.56 Å². The number of ether oxygens (including phenoxy) is 1. The molecule has 1 unspecified atom stereocenters. The number of amides is 1. The first-order valence-corrected chi connectivity index (χ1v) is 7.14. The van der Waals surface area contributed by atoms with Crippen molar-refractivity contribution < 1.29 is 23.1 Å². The molecule has 1 heterocycles. The second kappa shape index (κ2) is 6.02. The van der Waals surface area contributed by atoms with Crippen molar-refractivity contribution in [3.63, 3.8) is 0 Å². The third-order valence-corrected chi connectivity index (χ3v) is 3.41. The van der Waals surface area contributed by atoms with Crippen LogP contribution in [0.15, 0.2) is 18.2 Å². The van der Waals surface area contributed by atoms with Crippen molar-refractivity contribution in [3.8, 4) is 0 Å². The maximum Gasteiger partial charge on any atom is 0.410 e. The van der Waals surface area contributed by atoms with Crippen molar-refractivity contribution in [1.82, 2.24) is 4.90 Å². The lowest BCUT2D eigenvalue weighted by Gasteiger charge is -2.24. The van der Waals surface area contributed by atoms with Crippen LogP contribution in [0, 0.1) is 17.6 Å². The van der Waals surface area contributed by atoms with E-state index in [1.165, 1.54) is 4.90 Å². The molecule has 0 bridgehead atoms. The zero-order valence-corrected chi connectivity index (χ0v) is 12.9. The molecule has 1 aliphatic rings. The van der Waals surface area contributed by atoms with Crippen LogP contribution < -0.4 is 0 Å². The highest BCUT2D eigenvalue weighted by Crippen LogP contribution is 2.24. The quantitative estimate of drug-likeness (QED) is 0.786. The summed E-state index contributed by atoms with van der Waals surface area (Å²) in [5.74, 6) is -2.51. The van der Waals surface area contributed by atoms with Crippen molar-refractivity contribution in [2.24, 2.45) is 5.92 Å². The van der Waals surface area contributed by atoms with E-state index in [1.807, 2.05) is 0 Å². The van der Waals surface area contributed by atoms with Gasteiger partial charge in [-0.05, 0) is 39.3 Å². The monoisotopic (exact) mass is 311 g/mol. The fraction of sp³-hybridized carbons (Fsp3) is 0.500. The molecule has 0 saturated carbocycles. The molecule has 0 aliphatic carbocycles. The molecule has 0 aromatic heterocycles. The molecule has 4 nitrogen and oxygen atoms in total. The van der Waals surface area contributed by atoms with Gasteiger partial charge >= 0.3 is 6.09 Å². The highest BCUT2D eigenvalue weighted by Gasteiger charge is 2.34. The number of likely N-dealkylation sites (tertiary alicyclic amines) is 1. The predicted molar refractivity (Wildman–Crippen MR) is 76.6 cm³/mol. The van der Waals surface area contributed by atoms with Gasteiger partial charge in [-0.1, -0.05) is 0 Å². The fourth-order valence-corrected chi connectivity index (χ4v) is 2.38. The molecule has 1 aromatic rings. The largest absolute Gasteiger partial charge is 0.444 e. The molecule has 1 aromatic carbocycles. The van der Waals surface area contributed by atoms with Crippen LogP contribution in [-0.2, 0) is 4.74 Å². The topological polar surface area (TPSA) is 46.6 Å². The van der Waals surface area contributed by atoms with Gasteiger partial charge in [0.1, 0.15) is 17.2 Å². The van der Waals surface area contributed by atoms with E-state index in [0.717, 1.165) is 12.1 Å². The van der Waals surface area contributed by atoms with E-state index in [4.69, 9.17) is 4.74 Å². The van der Waals surface area contributed by atoms with Crippen LogP contribution in [-0.4, -0.2) is 35.5 Å². The Bertz CT molecular complexity index is 596. The highest BCUT2D eigenvalue weighted by molar-refractivity contribution is 5.98. The summed E-state index contributed by atoms with van der Waals surface area (Å²) in [6.45, 7) is 5.85. The number of halogens is 2. The molecule has 0 N–H and O–H groups in total. The van der Waals surface area contributed by atoms with E-state index in [0.29, 0.717) is 19.0 Å². The Morgan fingerprint density at radius 2 is 1.95 bits per heavy atom. The Kier molecular flexibility index (Phi) is 4.49. The van der Waals surface area contributed by atoms with E-state index >= 15 is 0 Å². The van der Waals surface area contributed by atoms with Crippen LogP contribution in [0.2, 0.25) is 0 Å². The summed E-state index contributed by atoms with van der Waals surface area (Å²) in [5, 5.41) is 0.